The number of rotatable bonds is 3. The van der Waals surface area contributed by atoms with E-state index >= 15 is 0 Å². The maximum Gasteiger partial charge on any atom is 0.0725 e. The zero-order chi connectivity index (χ0) is 12.5. The molecule has 0 saturated carbocycles. The van der Waals surface area contributed by atoms with Gasteiger partial charge < -0.3 is 0 Å². The van der Waals surface area contributed by atoms with Crippen molar-refractivity contribution in [2.45, 2.75) is 39.3 Å². The summed E-state index contributed by atoms with van der Waals surface area (Å²) in [6, 6.07) is 10.8. The molecule has 17 heavy (non-hydrogen) atoms. The Morgan fingerprint density at radius 1 is 1.29 bits per heavy atom. The number of hydrogen-bond donors (Lipinski definition) is 0. The highest BCUT2D eigenvalue weighted by molar-refractivity contribution is 7.59. The van der Waals surface area contributed by atoms with Crippen molar-refractivity contribution < 1.29 is 0 Å². The van der Waals surface area contributed by atoms with Crippen LogP contribution in [-0.2, 0) is 0 Å². The summed E-state index contributed by atoms with van der Waals surface area (Å²) in [5, 5.41) is 0. The van der Waals surface area contributed by atoms with E-state index in [1.165, 1.54) is 11.0 Å². The van der Waals surface area contributed by atoms with E-state index in [2.05, 4.69) is 62.7 Å². The molecule has 0 N–H and O–H groups in total. The number of benzene rings is 1. The molecular formula is C14H21N2P. The summed E-state index contributed by atoms with van der Waals surface area (Å²) in [4.78, 5) is 4.89. The van der Waals surface area contributed by atoms with Crippen LogP contribution < -0.4 is 0 Å². The average Bonchev–Trinajstić information content (AvgIpc) is 2.34. The lowest BCUT2D eigenvalue weighted by Gasteiger charge is -2.49. The Morgan fingerprint density at radius 2 is 1.94 bits per heavy atom. The molecule has 1 aliphatic heterocycles. The molecule has 2 rings (SSSR count). The number of aliphatic imine (C=N–C) groups is 1. The van der Waals surface area contributed by atoms with Gasteiger partial charge in [0.05, 0.1) is 17.0 Å². The lowest BCUT2D eigenvalue weighted by atomic mass is 10.1. The third-order valence-corrected chi connectivity index (χ3v) is 5.51. The molecule has 2 nitrogen and oxygen atoms in total. The fourth-order valence-electron chi connectivity index (χ4n) is 2.14. The van der Waals surface area contributed by atoms with E-state index in [9.17, 15) is 0 Å². The molecule has 1 aromatic rings. The molecule has 1 heterocycles. The summed E-state index contributed by atoms with van der Waals surface area (Å²) in [7, 11) is 0.776. The van der Waals surface area contributed by atoms with E-state index in [0.717, 1.165) is 15.3 Å². The highest BCUT2D eigenvalue weighted by Gasteiger charge is 2.42. The van der Waals surface area contributed by atoms with Crippen LogP contribution in [0.4, 0.5) is 0 Å². The molecule has 0 bridgehead atoms. The first-order valence-corrected chi connectivity index (χ1v) is 7.18. The van der Waals surface area contributed by atoms with Crippen molar-refractivity contribution in [2.24, 2.45) is 4.99 Å². The van der Waals surface area contributed by atoms with Gasteiger partial charge in [-0.25, -0.2) is 0 Å². The predicted octanol–water partition coefficient (Wildman–Crippen LogP) is 3.85. The summed E-state index contributed by atoms with van der Waals surface area (Å²) >= 11 is 0. The third kappa shape index (κ3) is 2.43. The van der Waals surface area contributed by atoms with Gasteiger partial charge in [0.2, 0.25) is 0 Å². The molecule has 0 aliphatic carbocycles. The highest BCUT2D eigenvalue weighted by atomic mass is 31.1. The van der Waals surface area contributed by atoms with Crippen molar-refractivity contribution in [1.82, 2.24) is 4.67 Å². The Morgan fingerprint density at radius 3 is 2.47 bits per heavy atom. The van der Waals surface area contributed by atoms with Crippen LogP contribution >= 0.6 is 8.73 Å². The van der Waals surface area contributed by atoms with Gasteiger partial charge in [0.25, 0.3) is 0 Å². The second kappa shape index (κ2) is 4.88. The van der Waals surface area contributed by atoms with Crippen LogP contribution in [0.1, 0.15) is 39.3 Å². The van der Waals surface area contributed by atoms with E-state index in [-0.39, 0.29) is 11.6 Å². The first kappa shape index (κ1) is 12.7. The quantitative estimate of drug-likeness (QED) is 0.742. The zero-order valence-corrected chi connectivity index (χ0v) is 12.1. The lowest BCUT2D eigenvalue weighted by molar-refractivity contribution is 0.321. The van der Waals surface area contributed by atoms with Crippen LogP contribution in [0.25, 0.3) is 0 Å². The van der Waals surface area contributed by atoms with Crippen LogP contribution in [0.5, 0.6) is 0 Å². The standard InChI is InChI=1S/C14H21N2P/c1-5-16-14(3,4)13(17-16)15-11(2)12-9-7-6-8-10-12/h6-11,17H,5H2,1-4H3/b15-13+. The number of nitrogens with zero attached hydrogens (tertiary/aromatic N) is 2. The normalized spacial score (nSPS) is 24.8. The van der Waals surface area contributed by atoms with Crippen LogP contribution in [0.15, 0.2) is 35.3 Å². The van der Waals surface area contributed by atoms with Crippen molar-refractivity contribution in [1.29, 1.82) is 0 Å². The van der Waals surface area contributed by atoms with Gasteiger partial charge in [0.15, 0.2) is 0 Å². The predicted molar refractivity (Wildman–Crippen MR) is 77.1 cm³/mol. The lowest BCUT2D eigenvalue weighted by Crippen LogP contribution is -2.53. The third-order valence-electron chi connectivity index (χ3n) is 3.42. The monoisotopic (exact) mass is 248 g/mol. The SMILES string of the molecule is CCN1P/C(=N/C(C)c2ccccc2)C1(C)C. The molecule has 2 unspecified atom stereocenters. The Balaban J connectivity index is 2.12. The van der Waals surface area contributed by atoms with E-state index in [1.54, 1.807) is 0 Å². The van der Waals surface area contributed by atoms with Gasteiger partial charge in [-0.1, -0.05) is 37.3 Å². The Labute approximate surface area is 106 Å². The van der Waals surface area contributed by atoms with Gasteiger partial charge in [-0.3, -0.25) is 9.66 Å². The molecule has 2 atom stereocenters. The second-order valence-electron chi connectivity index (χ2n) is 4.98. The van der Waals surface area contributed by atoms with E-state index in [1.807, 2.05) is 0 Å². The van der Waals surface area contributed by atoms with Crippen molar-refractivity contribution in [3.63, 3.8) is 0 Å². The molecule has 3 heteroatoms. The Hall–Kier alpha value is -0.720. The fourth-order valence-corrected chi connectivity index (χ4v) is 3.44. The van der Waals surface area contributed by atoms with E-state index < -0.39 is 0 Å². The van der Waals surface area contributed by atoms with Crippen molar-refractivity contribution in [3.05, 3.63) is 35.9 Å². The molecule has 1 aromatic carbocycles. The van der Waals surface area contributed by atoms with Crippen LogP contribution in [0, 0.1) is 0 Å². The van der Waals surface area contributed by atoms with E-state index in [4.69, 9.17) is 4.99 Å². The van der Waals surface area contributed by atoms with Crippen LogP contribution in [0.2, 0.25) is 0 Å². The molecule has 1 aliphatic rings. The molecule has 1 saturated heterocycles. The maximum absolute atomic E-state index is 4.89. The molecule has 0 amide bonds. The van der Waals surface area contributed by atoms with Crippen LogP contribution in [0.3, 0.4) is 0 Å². The Kier molecular flexibility index (Phi) is 3.65. The number of hydrogen-bond acceptors (Lipinski definition) is 2. The largest absolute Gasteiger partial charge is 0.279 e. The molecule has 1 fully saturated rings. The van der Waals surface area contributed by atoms with Crippen LogP contribution in [-0.4, -0.2) is 22.2 Å². The minimum absolute atomic E-state index is 0.163. The first-order chi connectivity index (χ1) is 8.05. The smallest absolute Gasteiger partial charge is 0.0725 e. The average molecular weight is 248 g/mol. The zero-order valence-electron chi connectivity index (χ0n) is 11.1. The van der Waals surface area contributed by atoms with Gasteiger partial charge in [-0.05, 0) is 35.1 Å². The van der Waals surface area contributed by atoms with Crippen molar-refractivity contribution >= 4 is 14.2 Å². The highest BCUT2D eigenvalue weighted by Crippen LogP contribution is 2.46. The van der Waals surface area contributed by atoms with Gasteiger partial charge in [0.1, 0.15) is 0 Å². The topological polar surface area (TPSA) is 15.6 Å². The first-order valence-electron chi connectivity index (χ1n) is 6.23. The van der Waals surface area contributed by atoms with E-state index in [0.29, 0.717) is 0 Å². The summed E-state index contributed by atoms with van der Waals surface area (Å²) in [5.41, 5.74) is 2.82. The molecule has 0 aromatic heterocycles. The molecule has 0 spiro atoms. The van der Waals surface area contributed by atoms with Crippen molar-refractivity contribution in [2.75, 3.05) is 6.54 Å². The Bertz CT molecular complexity index is 411. The summed E-state index contributed by atoms with van der Waals surface area (Å²) < 4.78 is 2.48. The fraction of sp³-hybridized carbons (Fsp3) is 0.500. The summed E-state index contributed by atoms with van der Waals surface area (Å²) in [6.45, 7) is 10.0. The van der Waals surface area contributed by atoms with Crippen molar-refractivity contribution in [3.8, 4) is 0 Å². The molecule has 0 radical (unpaired) electrons. The molecule has 92 valence electrons. The van der Waals surface area contributed by atoms with Gasteiger partial charge in [-0.2, -0.15) is 0 Å². The van der Waals surface area contributed by atoms with Gasteiger partial charge in [-0.15, -0.1) is 0 Å². The maximum atomic E-state index is 4.89. The molecular weight excluding hydrogens is 227 g/mol. The summed E-state index contributed by atoms with van der Waals surface area (Å²) in [6.07, 6.45) is 0. The van der Waals surface area contributed by atoms with Gasteiger partial charge in [0, 0.05) is 6.54 Å². The summed E-state index contributed by atoms with van der Waals surface area (Å²) in [5.74, 6) is 0. The minimum Gasteiger partial charge on any atom is -0.279 e. The van der Waals surface area contributed by atoms with Gasteiger partial charge >= 0.3 is 0 Å². The minimum atomic E-state index is 0.163. The second-order valence-corrected chi connectivity index (χ2v) is 6.22.